The Morgan fingerprint density at radius 3 is 2.52 bits per heavy atom. The lowest BCUT2D eigenvalue weighted by Gasteiger charge is -2.08. The summed E-state index contributed by atoms with van der Waals surface area (Å²) in [5.41, 5.74) is 2.03. The maximum absolute atomic E-state index is 12.9. The number of ether oxygens (including phenoxy) is 1. The molecule has 0 bridgehead atoms. The van der Waals surface area contributed by atoms with Crippen LogP contribution in [0.4, 0.5) is 10.1 Å². The summed E-state index contributed by atoms with van der Waals surface area (Å²) in [6.45, 7) is -0.192. The van der Waals surface area contributed by atoms with Crippen molar-refractivity contribution in [2.45, 2.75) is 0 Å². The quantitative estimate of drug-likeness (QED) is 0.523. The molecule has 4 rings (SSSR count). The third-order valence-electron chi connectivity index (χ3n) is 4.04. The summed E-state index contributed by atoms with van der Waals surface area (Å²) < 4.78 is 23.8. The summed E-state index contributed by atoms with van der Waals surface area (Å²) in [7, 11) is 0. The Balaban J connectivity index is 1.40. The molecule has 29 heavy (non-hydrogen) atoms. The highest BCUT2D eigenvalue weighted by Crippen LogP contribution is 2.24. The number of rotatable bonds is 6. The molecule has 0 aliphatic rings. The fourth-order valence-corrected chi connectivity index (χ4v) is 2.64. The number of nitrogens with zero attached hydrogens (tertiary/aromatic N) is 2. The molecule has 1 heterocycles. The van der Waals surface area contributed by atoms with Crippen LogP contribution in [0, 0.1) is 5.82 Å². The van der Waals surface area contributed by atoms with Gasteiger partial charge in [-0.05, 0) is 48.5 Å². The van der Waals surface area contributed by atoms with Crippen molar-refractivity contribution in [2.24, 2.45) is 0 Å². The molecule has 144 valence electrons. The van der Waals surface area contributed by atoms with Gasteiger partial charge in [-0.1, -0.05) is 35.5 Å². The fraction of sp³-hybridized carbons (Fsp3) is 0.0455. The van der Waals surface area contributed by atoms with E-state index in [0.29, 0.717) is 28.7 Å². The first-order valence-corrected chi connectivity index (χ1v) is 8.85. The molecule has 0 fully saturated rings. The number of carbonyl (C=O) groups excluding carboxylic acids is 1. The van der Waals surface area contributed by atoms with Crippen LogP contribution in [0.3, 0.4) is 0 Å². The van der Waals surface area contributed by atoms with Gasteiger partial charge in [-0.15, -0.1) is 0 Å². The van der Waals surface area contributed by atoms with Gasteiger partial charge in [0.1, 0.15) is 11.6 Å². The smallest absolute Gasteiger partial charge is 0.262 e. The molecule has 0 atom stereocenters. The van der Waals surface area contributed by atoms with Gasteiger partial charge >= 0.3 is 0 Å². The molecule has 4 aromatic rings. The first-order chi connectivity index (χ1) is 14.2. The van der Waals surface area contributed by atoms with Gasteiger partial charge in [-0.2, -0.15) is 4.98 Å². The number of carbonyl (C=O) groups is 1. The Labute approximate surface area is 166 Å². The van der Waals surface area contributed by atoms with Gasteiger partial charge in [-0.25, -0.2) is 4.39 Å². The zero-order valence-corrected chi connectivity index (χ0v) is 15.2. The molecule has 0 radical (unpaired) electrons. The Bertz CT molecular complexity index is 1110. The maximum Gasteiger partial charge on any atom is 0.262 e. The van der Waals surface area contributed by atoms with E-state index in [1.54, 1.807) is 18.2 Å². The Morgan fingerprint density at radius 1 is 0.966 bits per heavy atom. The average molecular weight is 389 g/mol. The predicted octanol–water partition coefficient (Wildman–Crippen LogP) is 4.56. The summed E-state index contributed by atoms with van der Waals surface area (Å²) in [6, 6.07) is 22.0. The van der Waals surface area contributed by atoms with Crippen molar-refractivity contribution >= 4 is 11.6 Å². The van der Waals surface area contributed by atoms with Crippen LogP contribution < -0.4 is 10.1 Å². The number of amides is 1. The van der Waals surface area contributed by atoms with Crippen LogP contribution in [0.2, 0.25) is 0 Å². The predicted molar refractivity (Wildman–Crippen MR) is 106 cm³/mol. The number of anilines is 1. The number of nitrogens with one attached hydrogen (secondary N) is 1. The zero-order valence-electron chi connectivity index (χ0n) is 15.2. The van der Waals surface area contributed by atoms with Crippen molar-refractivity contribution in [1.29, 1.82) is 0 Å². The first-order valence-electron chi connectivity index (χ1n) is 8.85. The molecule has 1 aromatic heterocycles. The molecule has 0 saturated heterocycles. The molecular weight excluding hydrogens is 373 g/mol. The van der Waals surface area contributed by atoms with Crippen LogP contribution in [0.25, 0.3) is 22.8 Å². The van der Waals surface area contributed by atoms with Gasteiger partial charge < -0.3 is 14.6 Å². The topological polar surface area (TPSA) is 77.2 Å². The summed E-state index contributed by atoms with van der Waals surface area (Å²) >= 11 is 0. The van der Waals surface area contributed by atoms with Gasteiger partial charge in [-0.3, -0.25) is 4.79 Å². The van der Waals surface area contributed by atoms with E-state index >= 15 is 0 Å². The van der Waals surface area contributed by atoms with E-state index in [1.807, 2.05) is 36.4 Å². The second-order valence-electron chi connectivity index (χ2n) is 6.16. The van der Waals surface area contributed by atoms with Crippen LogP contribution in [0.15, 0.2) is 83.4 Å². The van der Waals surface area contributed by atoms with E-state index in [0.717, 1.165) is 5.56 Å². The van der Waals surface area contributed by atoms with E-state index in [9.17, 15) is 9.18 Å². The molecule has 1 N–H and O–H groups in total. The molecule has 0 aliphatic heterocycles. The van der Waals surface area contributed by atoms with Crippen molar-refractivity contribution in [3.8, 4) is 28.6 Å². The largest absolute Gasteiger partial charge is 0.484 e. The lowest BCUT2D eigenvalue weighted by Crippen LogP contribution is -2.20. The SMILES string of the molecule is O=C(COc1cccc(-c2noc(-c3ccccc3)n2)c1)Nc1ccc(F)cc1. The lowest BCUT2D eigenvalue weighted by molar-refractivity contribution is -0.118. The summed E-state index contributed by atoms with van der Waals surface area (Å²) in [4.78, 5) is 16.4. The van der Waals surface area contributed by atoms with Gasteiger partial charge in [0, 0.05) is 16.8 Å². The van der Waals surface area contributed by atoms with Crippen LogP contribution in [-0.2, 0) is 4.79 Å². The van der Waals surface area contributed by atoms with E-state index in [2.05, 4.69) is 15.5 Å². The normalized spacial score (nSPS) is 10.5. The van der Waals surface area contributed by atoms with Gasteiger partial charge in [0.2, 0.25) is 5.82 Å². The molecule has 6 nitrogen and oxygen atoms in total. The molecule has 1 amide bonds. The standard InChI is InChI=1S/C22H16FN3O3/c23-17-9-11-18(12-10-17)24-20(27)14-28-19-8-4-7-16(13-19)21-25-22(29-26-21)15-5-2-1-3-6-15/h1-13H,14H2,(H,24,27). The van der Waals surface area contributed by atoms with Crippen molar-refractivity contribution < 1.29 is 18.4 Å². The number of halogens is 1. The number of aromatic nitrogens is 2. The molecule has 0 saturated carbocycles. The fourth-order valence-electron chi connectivity index (χ4n) is 2.64. The highest BCUT2D eigenvalue weighted by atomic mass is 19.1. The molecule has 0 unspecified atom stereocenters. The highest BCUT2D eigenvalue weighted by molar-refractivity contribution is 5.91. The van der Waals surface area contributed by atoms with E-state index in [1.165, 1.54) is 24.3 Å². The van der Waals surface area contributed by atoms with E-state index < -0.39 is 0 Å². The molecular formula is C22H16FN3O3. The Kier molecular flexibility index (Phi) is 5.29. The van der Waals surface area contributed by atoms with Crippen molar-refractivity contribution in [3.05, 3.63) is 84.7 Å². The lowest BCUT2D eigenvalue weighted by atomic mass is 10.2. The second-order valence-corrected chi connectivity index (χ2v) is 6.16. The maximum atomic E-state index is 12.9. The Hall–Kier alpha value is -4.00. The molecule has 3 aromatic carbocycles. The minimum atomic E-state index is -0.368. The van der Waals surface area contributed by atoms with Gasteiger partial charge in [0.25, 0.3) is 11.8 Å². The second kappa shape index (κ2) is 8.35. The minimum absolute atomic E-state index is 0.192. The molecule has 0 spiro atoms. The van der Waals surface area contributed by atoms with E-state index in [-0.39, 0.29) is 18.3 Å². The van der Waals surface area contributed by atoms with Gasteiger partial charge in [0.15, 0.2) is 6.61 Å². The summed E-state index contributed by atoms with van der Waals surface area (Å²) in [6.07, 6.45) is 0. The highest BCUT2D eigenvalue weighted by Gasteiger charge is 2.11. The van der Waals surface area contributed by atoms with Crippen molar-refractivity contribution in [3.63, 3.8) is 0 Å². The average Bonchev–Trinajstić information content (AvgIpc) is 3.25. The van der Waals surface area contributed by atoms with Crippen LogP contribution >= 0.6 is 0 Å². The van der Waals surface area contributed by atoms with E-state index in [4.69, 9.17) is 9.26 Å². The molecule has 0 aliphatic carbocycles. The third kappa shape index (κ3) is 4.65. The van der Waals surface area contributed by atoms with Crippen LogP contribution in [-0.4, -0.2) is 22.7 Å². The zero-order chi connectivity index (χ0) is 20.1. The minimum Gasteiger partial charge on any atom is -0.484 e. The number of hydrogen-bond acceptors (Lipinski definition) is 5. The van der Waals surface area contributed by atoms with Crippen LogP contribution in [0.1, 0.15) is 0 Å². The summed E-state index contributed by atoms with van der Waals surface area (Å²) in [5, 5.41) is 6.65. The van der Waals surface area contributed by atoms with Gasteiger partial charge in [0.05, 0.1) is 0 Å². The van der Waals surface area contributed by atoms with Crippen molar-refractivity contribution in [1.82, 2.24) is 10.1 Å². The summed E-state index contributed by atoms with van der Waals surface area (Å²) in [5.74, 6) is 0.611. The third-order valence-corrected chi connectivity index (χ3v) is 4.04. The van der Waals surface area contributed by atoms with Crippen molar-refractivity contribution in [2.75, 3.05) is 11.9 Å². The first kappa shape index (κ1) is 18.4. The molecule has 7 heteroatoms. The monoisotopic (exact) mass is 389 g/mol. The van der Waals surface area contributed by atoms with Crippen LogP contribution in [0.5, 0.6) is 5.75 Å². The Morgan fingerprint density at radius 2 is 1.72 bits per heavy atom. The number of hydrogen-bond donors (Lipinski definition) is 1. The number of benzene rings is 3.